The summed E-state index contributed by atoms with van der Waals surface area (Å²) in [4.78, 5) is 12.4. The van der Waals surface area contributed by atoms with Crippen molar-refractivity contribution >= 4 is 27.3 Å². The molecule has 1 aliphatic heterocycles. The first-order chi connectivity index (χ1) is 17.3. The van der Waals surface area contributed by atoms with Gasteiger partial charge in [-0.05, 0) is 78.4 Å². The van der Waals surface area contributed by atoms with E-state index in [0.717, 1.165) is 27.3 Å². The van der Waals surface area contributed by atoms with Crippen LogP contribution in [0.5, 0.6) is 5.75 Å². The number of carbonyl (C=O) groups is 1. The Morgan fingerprint density at radius 3 is 2.42 bits per heavy atom. The Labute approximate surface area is 215 Å². The molecule has 1 fully saturated rings. The third-order valence-corrected chi connectivity index (χ3v) is 9.48. The highest BCUT2D eigenvalue weighted by atomic mass is 35.5. The van der Waals surface area contributed by atoms with E-state index in [4.69, 9.17) is 21.1 Å². The molecule has 190 valence electrons. The molecular formula is C27H28ClNO6S. The third kappa shape index (κ3) is 5.27. The van der Waals surface area contributed by atoms with Crippen molar-refractivity contribution in [3.8, 4) is 16.9 Å². The Morgan fingerprint density at radius 2 is 1.75 bits per heavy atom. The molecule has 3 aromatic carbocycles. The highest BCUT2D eigenvalue weighted by Gasteiger charge is 2.52. The lowest BCUT2D eigenvalue weighted by Crippen LogP contribution is -2.54. The second kappa shape index (κ2) is 11.0. The van der Waals surface area contributed by atoms with E-state index in [2.05, 4.69) is 18.2 Å². The molecule has 0 aliphatic carbocycles. The average molecular weight is 530 g/mol. The Kier molecular flexibility index (Phi) is 8.00. The molecule has 1 saturated heterocycles. The van der Waals surface area contributed by atoms with Gasteiger partial charge < -0.3 is 9.47 Å². The summed E-state index contributed by atoms with van der Waals surface area (Å²) in [5.74, 6) is -0.423. The maximum atomic E-state index is 13.3. The number of ether oxygens (including phenoxy) is 2. The summed E-state index contributed by atoms with van der Waals surface area (Å²) in [6.07, 6.45) is 0.601. The van der Waals surface area contributed by atoms with Gasteiger partial charge in [0.1, 0.15) is 5.75 Å². The summed E-state index contributed by atoms with van der Waals surface area (Å²) in [7, 11) is -4.07. The van der Waals surface area contributed by atoms with E-state index in [9.17, 15) is 18.4 Å². The number of aryl methyl sites for hydroxylation is 1. The maximum absolute atomic E-state index is 13.3. The van der Waals surface area contributed by atoms with Crippen LogP contribution in [-0.2, 0) is 25.8 Å². The van der Waals surface area contributed by atoms with Crippen LogP contribution in [0.15, 0.2) is 71.6 Å². The molecule has 1 aliphatic rings. The Morgan fingerprint density at radius 1 is 1.06 bits per heavy atom. The zero-order chi connectivity index (χ0) is 25.8. The molecule has 2 N–H and O–H groups in total. The van der Waals surface area contributed by atoms with Crippen LogP contribution in [0.1, 0.15) is 24.0 Å². The predicted octanol–water partition coefficient (Wildman–Crippen LogP) is 4.77. The topological polar surface area (TPSA) is 102 Å². The van der Waals surface area contributed by atoms with Crippen LogP contribution >= 0.6 is 11.6 Å². The number of hydrogen-bond donors (Lipinski definition) is 2. The fourth-order valence-electron chi connectivity index (χ4n) is 4.38. The fourth-order valence-corrected chi connectivity index (χ4v) is 6.44. The zero-order valence-electron chi connectivity index (χ0n) is 19.9. The first-order valence-electron chi connectivity index (χ1n) is 11.6. The van der Waals surface area contributed by atoms with E-state index in [1.165, 1.54) is 17.6 Å². The van der Waals surface area contributed by atoms with Crippen LogP contribution in [0.2, 0.25) is 5.02 Å². The van der Waals surface area contributed by atoms with Crippen molar-refractivity contribution in [1.82, 2.24) is 5.48 Å². The van der Waals surface area contributed by atoms with Gasteiger partial charge in [0.2, 0.25) is 0 Å². The Hall–Kier alpha value is -2.91. The van der Waals surface area contributed by atoms with Crippen LogP contribution in [0.4, 0.5) is 0 Å². The first kappa shape index (κ1) is 26.2. The number of halogens is 1. The number of hydroxylamine groups is 1. The summed E-state index contributed by atoms with van der Waals surface area (Å²) in [6.45, 7) is 2.62. The molecule has 0 aromatic heterocycles. The lowest BCUT2D eigenvalue weighted by Gasteiger charge is -2.34. The molecule has 7 nitrogen and oxygen atoms in total. The van der Waals surface area contributed by atoms with Crippen molar-refractivity contribution in [3.63, 3.8) is 0 Å². The lowest BCUT2D eigenvalue weighted by atomic mass is 9.98. The van der Waals surface area contributed by atoms with Gasteiger partial charge in [0.25, 0.3) is 5.91 Å². The molecule has 0 unspecified atom stereocenters. The van der Waals surface area contributed by atoms with E-state index < -0.39 is 20.5 Å². The van der Waals surface area contributed by atoms with E-state index >= 15 is 0 Å². The number of benzene rings is 3. The minimum atomic E-state index is -4.07. The second-order valence-corrected chi connectivity index (χ2v) is 11.5. The van der Waals surface area contributed by atoms with Crippen molar-refractivity contribution in [2.45, 2.75) is 35.8 Å². The monoisotopic (exact) mass is 529 g/mol. The van der Waals surface area contributed by atoms with E-state index in [-0.39, 0.29) is 31.0 Å². The molecular weight excluding hydrogens is 502 g/mol. The van der Waals surface area contributed by atoms with Crippen LogP contribution in [0.3, 0.4) is 0 Å². The number of amides is 1. The number of nitrogens with one attached hydrogen (secondary N) is 1. The third-order valence-electron chi connectivity index (χ3n) is 6.54. The normalized spacial score (nSPS) is 15.3. The summed E-state index contributed by atoms with van der Waals surface area (Å²) in [5, 5.41) is 9.91. The molecule has 36 heavy (non-hydrogen) atoms. The molecule has 1 amide bonds. The predicted molar refractivity (Wildman–Crippen MR) is 137 cm³/mol. The quantitative estimate of drug-likeness (QED) is 0.322. The molecule has 0 saturated carbocycles. The van der Waals surface area contributed by atoms with Crippen LogP contribution < -0.4 is 10.2 Å². The SMILES string of the molecule is Cc1cc(-c2cccc(CCOc3ccc(S(=O)(=O)C4(C(=O)NO)CCOCC4)cc3)c2)ccc1Cl. The van der Waals surface area contributed by atoms with Gasteiger partial charge in [-0.3, -0.25) is 10.0 Å². The van der Waals surface area contributed by atoms with Crippen LogP contribution in [-0.4, -0.2) is 44.1 Å². The second-order valence-electron chi connectivity index (χ2n) is 8.79. The summed E-state index contributed by atoms with van der Waals surface area (Å²) >= 11 is 6.14. The fraction of sp³-hybridized carbons (Fsp3) is 0.296. The van der Waals surface area contributed by atoms with E-state index in [1.807, 2.05) is 31.2 Å². The highest BCUT2D eigenvalue weighted by molar-refractivity contribution is 7.93. The molecule has 0 radical (unpaired) electrons. The van der Waals surface area contributed by atoms with Gasteiger partial charge in [0.15, 0.2) is 14.6 Å². The van der Waals surface area contributed by atoms with Gasteiger partial charge in [-0.15, -0.1) is 0 Å². The molecule has 0 atom stereocenters. The van der Waals surface area contributed by atoms with Gasteiger partial charge in [-0.1, -0.05) is 41.9 Å². The van der Waals surface area contributed by atoms with E-state index in [0.29, 0.717) is 18.8 Å². The smallest absolute Gasteiger partial charge is 0.265 e. The van der Waals surface area contributed by atoms with Crippen LogP contribution in [0, 0.1) is 6.92 Å². The molecule has 9 heteroatoms. The molecule has 0 bridgehead atoms. The molecule has 1 heterocycles. The van der Waals surface area contributed by atoms with Crippen molar-refractivity contribution in [3.05, 3.63) is 82.9 Å². The van der Waals surface area contributed by atoms with Crippen molar-refractivity contribution in [2.24, 2.45) is 0 Å². The maximum Gasteiger partial charge on any atom is 0.265 e. The zero-order valence-corrected chi connectivity index (χ0v) is 21.4. The van der Waals surface area contributed by atoms with Crippen molar-refractivity contribution < 1.29 is 27.9 Å². The summed E-state index contributed by atoms with van der Waals surface area (Å²) < 4.78 is 36.0. The molecule has 3 aromatic rings. The minimum Gasteiger partial charge on any atom is -0.493 e. The lowest BCUT2D eigenvalue weighted by molar-refractivity contribution is -0.134. The molecule has 0 spiro atoms. The van der Waals surface area contributed by atoms with Gasteiger partial charge in [-0.2, -0.15) is 0 Å². The standard InChI is InChI=1S/C27H28ClNO6S/c1-19-17-22(5-10-25(19)28)21-4-2-3-20(18-21)11-14-35-23-6-8-24(9-7-23)36(32,33)27(26(30)29-31)12-15-34-16-13-27/h2-10,17-18,31H,11-16H2,1H3,(H,29,30). The summed E-state index contributed by atoms with van der Waals surface area (Å²) in [5.41, 5.74) is 5.83. The number of rotatable bonds is 8. The Bertz CT molecular complexity index is 1330. The largest absolute Gasteiger partial charge is 0.493 e. The average Bonchev–Trinajstić information content (AvgIpc) is 2.90. The minimum absolute atomic E-state index is 0.00805. The van der Waals surface area contributed by atoms with Crippen molar-refractivity contribution in [2.75, 3.05) is 19.8 Å². The van der Waals surface area contributed by atoms with Gasteiger partial charge >= 0.3 is 0 Å². The van der Waals surface area contributed by atoms with Gasteiger partial charge in [0.05, 0.1) is 11.5 Å². The van der Waals surface area contributed by atoms with Crippen molar-refractivity contribution in [1.29, 1.82) is 0 Å². The molecule has 4 rings (SSSR count). The van der Waals surface area contributed by atoms with Gasteiger partial charge in [-0.25, -0.2) is 13.9 Å². The Balaban J connectivity index is 1.42. The first-order valence-corrected chi connectivity index (χ1v) is 13.5. The number of hydrogen-bond acceptors (Lipinski definition) is 6. The number of sulfone groups is 1. The highest BCUT2D eigenvalue weighted by Crippen LogP contribution is 2.36. The summed E-state index contributed by atoms with van der Waals surface area (Å²) in [6, 6.07) is 20.1. The van der Waals surface area contributed by atoms with Gasteiger partial charge in [0, 0.05) is 24.7 Å². The van der Waals surface area contributed by atoms with Crippen LogP contribution in [0.25, 0.3) is 11.1 Å². The van der Waals surface area contributed by atoms with E-state index in [1.54, 1.807) is 12.1 Å². The number of carbonyl (C=O) groups excluding carboxylic acids is 1.